The molecule has 2 unspecified atom stereocenters. The van der Waals surface area contributed by atoms with Gasteiger partial charge in [-0.1, -0.05) is 13.8 Å². The van der Waals surface area contributed by atoms with E-state index < -0.39 is 5.97 Å². The first-order valence-corrected chi connectivity index (χ1v) is 9.77. The molecule has 2 fully saturated rings. The molecule has 0 saturated heterocycles. The summed E-state index contributed by atoms with van der Waals surface area (Å²) in [5.74, 6) is -0.966. The average molecular weight is 354 g/mol. The van der Waals surface area contributed by atoms with Crippen molar-refractivity contribution in [2.75, 3.05) is 13.7 Å². The third-order valence-corrected chi connectivity index (χ3v) is 6.62. The molecule has 0 heterocycles. The number of rotatable bonds is 7. The van der Waals surface area contributed by atoms with Crippen LogP contribution in [0.4, 0.5) is 4.79 Å². The lowest BCUT2D eigenvalue weighted by Gasteiger charge is -2.58. The Morgan fingerprint density at radius 3 is 2.24 bits per heavy atom. The van der Waals surface area contributed by atoms with Crippen molar-refractivity contribution in [2.24, 2.45) is 11.3 Å². The monoisotopic (exact) mass is 354 g/mol. The Bertz CT molecular complexity index is 470. The first-order chi connectivity index (χ1) is 11.9. The van der Waals surface area contributed by atoms with E-state index in [1.165, 1.54) is 0 Å². The van der Waals surface area contributed by atoms with Gasteiger partial charge in [0.2, 0.25) is 0 Å². The summed E-state index contributed by atoms with van der Waals surface area (Å²) in [4.78, 5) is 25.6. The summed E-state index contributed by atoms with van der Waals surface area (Å²) in [7, 11) is 1.88. The molecule has 0 aromatic heterocycles. The molecule has 2 rings (SSSR count). The molecule has 2 amide bonds. The molecule has 0 spiro atoms. The van der Waals surface area contributed by atoms with Crippen LogP contribution in [-0.2, 0) is 9.53 Å². The highest BCUT2D eigenvalue weighted by Crippen LogP contribution is 2.51. The number of amides is 2. The lowest BCUT2D eigenvalue weighted by Crippen LogP contribution is -2.66. The Hall–Kier alpha value is -1.30. The largest absolute Gasteiger partial charge is 0.481 e. The van der Waals surface area contributed by atoms with Gasteiger partial charge in [-0.15, -0.1) is 0 Å². The van der Waals surface area contributed by atoms with E-state index in [1.54, 1.807) is 0 Å². The second kappa shape index (κ2) is 8.39. The van der Waals surface area contributed by atoms with Crippen LogP contribution in [0.1, 0.15) is 65.7 Å². The van der Waals surface area contributed by atoms with Gasteiger partial charge in [-0.25, -0.2) is 4.79 Å². The molecule has 2 aliphatic rings. The van der Waals surface area contributed by atoms with Crippen LogP contribution in [0, 0.1) is 11.3 Å². The number of nitrogens with zero attached hydrogens (tertiary/aromatic N) is 1. The quantitative estimate of drug-likeness (QED) is 0.735. The van der Waals surface area contributed by atoms with Gasteiger partial charge in [0.1, 0.15) is 0 Å². The van der Waals surface area contributed by atoms with Crippen LogP contribution >= 0.6 is 0 Å². The predicted molar refractivity (Wildman–Crippen MR) is 96.5 cm³/mol. The van der Waals surface area contributed by atoms with Gasteiger partial charge in [-0.2, -0.15) is 0 Å². The first-order valence-electron chi connectivity index (χ1n) is 9.77. The average Bonchev–Trinajstić information content (AvgIpc) is 2.59. The van der Waals surface area contributed by atoms with Crippen LogP contribution in [0.2, 0.25) is 0 Å². The van der Waals surface area contributed by atoms with Gasteiger partial charge in [0, 0.05) is 31.2 Å². The fraction of sp³-hybridized carbons (Fsp3) is 0.895. The second-order valence-electron chi connectivity index (χ2n) is 7.58. The Kier molecular flexibility index (Phi) is 6.72. The van der Waals surface area contributed by atoms with Crippen LogP contribution < -0.4 is 5.32 Å². The van der Waals surface area contributed by atoms with E-state index in [0.29, 0.717) is 19.4 Å². The molecular weight excluding hydrogens is 320 g/mol. The minimum atomic E-state index is -0.714. The minimum absolute atomic E-state index is 0.0370. The minimum Gasteiger partial charge on any atom is -0.481 e. The Balaban J connectivity index is 1.91. The topological polar surface area (TPSA) is 78.9 Å². The maximum Gasteiger partial charge on any atom is 0.317 e. The van der Waals surface area contributed by atoms with Crippen LogP contribution in [0.5, 0.6) is 0 Å². The molecule has 0 aromatic carbocycles. The third kappa shape index (κ3) is 3.94. The standard InChI is InChI=1S/C19H34N2O4/c1-5-19(6-2)15(12-16(19)25-7-3)21(4)18(24)20-14-10-8-13(9-11-14)17(22)23/h13-16H,5-12H2,1-4H3,(H,20,24)(H,22,23). The number of nitrogens with one attached hydrogen (secondary N) is 1. The molecule has 0 aliphatic heterocycles. The number of carboxylic acids is 1. The van der Waals surface area contributed by atoms with Crippen LogP contribution in [-0.4, -0.2) is 53.8 Å². The fourth-order valence-corrected chi connectivity index (χ4v) is 4.78. The van der Waals surface area contributed by atoms with E-state index in [0.717, 1.165) is 32.1 Å². The Morgan fingerprint density at radius 2 is 1.76 bits per heavy atom. The zero-order valence-corrected chi connectivity index (χ0v) is 16.1. The predicted octanol–water partition coefficient (Wildman–Crippen LogP) is 3.26. The number of hydrogen-bond donors (Lipinski definition) is 2. The summed E-state index contributed by atoms with van der Waals surface area (Å²) >= 11 is 0. The highest BCUT2D eigenvalue weighted by atomic mass is 16.5. The zero-order valence-electron chi connectivity index (χ0n) is 16.1. The smallest absolute Gasteiger partial charge is 0.317 e. The normalized spacial score (nSPS) is 31.0. The van der Waals surface area contributed by atoms with Gasteiger partial charge in [-0.3, -0.25) is 4.79 Å². The molecule has 144 valence electrons. The van der Waals surface area contributed by atoms with Crippen LogP contribution in [0.15, 0.2) is 0 Å². The molecule has 2 aliphatic carbocycles. The summed E-state index contributed by atoms with van der Waals surface area (Å²) in [6, 6.07) is 0.255. The zero-order chi connectivity index (χ0) is 18.6. The lowest BCUT2D eigenvalue weighted by atomic mass is 9.58. The van der Waals surface area contributed by atoms with Crippen molar-refractivity contribution in [3.05, 3.63) is 0 Å². The van der Waals surface area contributed by atoms with E-state index in [9.17, 15) is 9.59 Å². The highest BCUT2D eigenvalue weighted by molar-refractivity contribution is 5.75. The maximum absolute atomic E-state index is 12.7. The first kappa shape index (κ1) is 20.0. The van der Waals surface area contributed by atoms with Gasteiger partial charge in [0.15, 0.2) is 0 Å². The number of ether oxygens (including phenoxy) is 1. The molecule has 2 saturated carbocycles. The molecule has 0 radical (unpaired) electrons. The van der Waals surface area contributed by atoms with Gasteiger partial charge in [-0.05, 0) is 51.9 Å². The van der Waals surface area contributed by atoms with E-state index in [2.05, 4.69) is 19.2 Å². The second-order valence-corrected chi connectivity index (χ2v) is 7.58. The lowest BCUT2D eigenvalue weighted by molar-refractivity contribution is -0.158. The van der Waals surface area contributed by atoms with Crippen molar-refractivity contribution in [1.29, 1.82) is 0 Å². The number of urea groups is 1. The van der Waals surface area contributed by atoms with Gasteiger partial charge < -0.3 is 20.1 Å². The van der Waals surface area contributed by atoms with Crippen molar-refractivity contribution in [3.63, 3.8) is 0 Å². The van der Waals surface area contributed by atoms with Crippen molar-refractivity contribution in [2.45, 2.75) is 83.9 Å². The van der Waals surface area contributed by atoms with Crippen molar-refractivity contribution >= 4 is 12.0 Å². The molecule has 25 heavy (non-hydrogen) atoms. The summed E-state index contributed by atoms with van der Waals surface area (Å²) in [5, 5.41) is 12.2. The number of aliphatic carboxylic acids is 1. The van der Waals surface area contributed by atoms with Gasteiger partial charge in [0.25, 0.3) is 0 Å². The van der Waals surface area contributed by atoms with E-state index in [-0.39, 0.29) is 35.6 Å². The molecule has 0 bridgehead atoms. The SMILES string of the molecule is CCOC1CC(N(C)C(=O)NC2CCC(C(=O)O)CC2)C1(CC)CC. The maximum atomic E-state index is 12.7. The van der Waals surface area contributed by atoms with Crippen LogP contribution in [0.25, 0.3) is 0 Å². The third-order valence-electron chi connectivity index (χ3n) is 6.62. The van der Waals surface area contributed by atoms with E-state index >= 15 is 0 Å². The summed E-state index contributed by atoms with van der Waals surface area (Å²) in [5.41, 5.74) is 0.0447. The van der Waals surface area contributed by atoms with Crippen LogP contribution in [0.3, 0.4) is 0 Å². The van der Waals surface area contributed by atoms with Gasteiger partial charge in [0.05, 0.1) is 12.0 Å². The Labute approximate surface area is 151 Å². The molecule has 2 atom stereocenters. The summed E-state index contributed by atoms with van der Waals surface area (Å²) in [6.07, 6.45) is 5.91. The molecule has 2 N–H and O–H groups in total. The fourth-order valence-electron chi connectivity index (χ4n) is 4.78. The molecule has 6 heteroatoms. The highest BCUT2D eigenvalue weighted by Gasteiger charge is 2.55. The van der Waals surface area contributed by atoms with E-state index in [1.807, 2.05) is 18.9 Å². The number of carboxylic acid groups (broad SMARTS) is 1. The number of carbonyl (C=O) groups excluding carboxylic acids is 1. The Morgan fingerprint density at radius 1 is 1.16 bits per heavy atom. The molecule has 6 nitrogen and oxygen atoms in total. The summed E-state index contributed by atoms with van der Waals surface area (Å²) in [6.45, 7) is 7.09. The van der Waals surface area contributed by atoms with Crippen molar-refractivity contribution in [3.8, 4) is 0 Å². The molecule has 0 aromatic rings. The van der Waals surface area contributed by atoms with E-state index in [4.69, 9.17) is 9.84 Å². The van der Waals surface area contributed by atoms with Gasteiger partial charge >= 0.3 is 12.0 Å². The van der Waals surface area contributed by atoms with Crippen molar-refractivity contribution < 1.29 is 19.4 Å². The number of carbonyl (C=O) groups is 2. The van der Waals surface area contributed by atoms with Crippen molar-refractivity contribution in [1.82, 2.24) is 10.2 Å². The number of hydrogen-bond acceptors (Lipinski definition) is 3. The summed E-state index contributed by atoms with van der Waals surface area (Å²) < 4.78 is 5.91. The molecular formula is C19H34N2O4.